The third-order valence-electron chi connectivity index (χ3n) is 4.11. The van der Waals surface area contributed by atoms with Gasteiger partial charge < -0.3 is 15.0 Å². The molecule has 1 aliphatic carbocycles. The summed E-state index contributed by atoms with van der Waals surface area (Å²) in [5, 5.41) is 3.74. The molecule has 2 saturated heterocycles. The van der Waals surface area contributed by atoms with Crippen LogP contribution in [0.25, 0.3) is 0 Å². The molecule has 3 fully saturated rings. The summed E-state index contributed by atoms with van der Waals surface area (Å²) in [6, 6.07) is 1.64. The number of hydrogen-bond donors (Lipinski definition) is 1. The topological polar surface area (TPSA) is 24.5 Å². The second-order valence-corrected chi connectivity index (χ2v) is 5.65. The van der Waals surface area contributed by atoms with Crippen molar-refractivity contribution in [2.24, 2.45) is 0 Å². The molecule has 3 aliphatic rings. The number of nitrogens with zero attached hydrogens (tertiary/aromatic N) is 1. The SMILES string of the molecule is C1COC(CCN2CCC(NC3CC3)C2)C1. The van der Waals surface area contributed by atoms with Crippen molar-refractivity contribution in [3.05, 3.63) is 0 Å². The third kappa shape index (κ3) is 2.96. The largest absolute Gasteiger partial charge is 0.378 e. The molecule has 16 heavy (non-hydrogen) atoms. The van der Waals surface area contributed by atoms with Gasteiger partial charge in [0.25, 0.3) is 0 Å². The molecule has 0 radical (unpaired) electrons. The maximum atomic E-state index is 5.67. The van der Waals surface area contributed by atoms with Crippen molar-refractivity contribution in [2.45, 2.75) is 56.7 Å². The van der Waals surface area contributed by atoms with Crippen molar-refractivity contribution in [2.75, 3.05) is 26.2 Å². The van der Waals surface area contributed by atoms with E-state index in [1.807, 2.05) is 0 Å². The maximum absolute atomic E-state index is 5.67. The fourth-order valence-corrected chi connectivity index (χ4v) is 2.95. The smallest absolute Gasteiger partial charge is 0.0588 e. The van der Waals surface area contributed by atoms with Gasteiger partial charge in [-0.25, -0.2) is 0 Å². The summed E-state index contributed by atoms with van der Waals surface area (Å²) < 4.78 is 5.67. The minimum Gasteiger partial charge on any atom is -0.378 e. The van der Waals surface area contributed by atoms with Crippen LogP contribution in [-0.4, -0.2) is 49.3 Å². The van der Waals surface area contributed by atoms with Crippen molar-refractivity contribution in [1.29, 1.82) is 0 Å². The van der Waals surface area contributed by atoms with Crippen LogP contribution in [0, 0.1) is 0 Å². The van der Waals surface area contributed by atoms with Crippen molar-refractivity contribution in [3.8, 4) is 0 Å². The summed E-state index contributed by atoms with van der Waals surface area (Å²) in [5.41, 5.74) is 0. The number of ether oxygens (including phenoxy) is 1. The molecule has 3 nitrogen and oxygen atoms in total. The Balaban J connectivity index is 1.33. The molecule has 92 valence electrons. The monoisotopic (exact) mass is 224 g/mol. The predicted octanol–water partition coefficient (Wildman–Crippen LogP) is 1.38. The Morgan fingerprint density at radius 3 is 2.81 bits per heavy atom. The lowest BCUT2D eigenvalue weighted by Crippen LogP contribution is -2.34. The molecule has 0 spiro atoms. The van der Waals surface area contributed by atoms with Gasteiger partial charge in [-0.05, 0) is 45.1 Å². The number of nitrogens with one attached hydrogen (secondary N) is 1. The summed E-state index contributed by atoms with van der Waals surface area (Å²) in [6.07, 6.45) is 8.54. The summed E-state index contributed by atoms with van der Waals surface area (Å²) in [7, 11) is 0. The minimum absolute atomic E-state index is 0.565. The van der Waals surface area contributed by atoms with Crippen LogP contribution in [0.5, 0.6) is 0 Å². The molecule has 0 aromatic carbocycles. The van der Waals surface area contributed by atoms with Gasteiger partial charge in [-0.3, -0.25) is 0 Å². The van der Waals surface area contributed by atoms with Gasteiger partial charge in [0.15, 0.2) is 0 Å². The molecular formula is C13H24N2O. The van der Waals surface area contributed by atoms with Gasteiger partial charge in [-0.1, -0.05) is 0 Å². The molecule has 2 unspecified atom stereocenters. The Morgan fingerprint density at radius 2 is 2.06 bits per heavy atom. The predicted molar refractivity (Wildman–Crippen MR) is 64.6 cm³/mol. The Morgan fingerprint density at radius 1 is 1.12 bits per heavy atom. The summed E-state index contributed by atoms with van der Waals surface area (Å²) in [4.78, 5) is 2.61. The zero-order chi connectivity index (χ0) is 10.8. The lowest BCUT2D eigenvalue weighted by atomic mass is 10.2. The summed E-state index contributed by atoms with van der Waals surface area (Å²) >= 11 is 0. The van der Waals surface area contributed by atoms with Crippen molar-refractivity contribution in [1.82, 2.24) is 10.2 Å². The molecule has 0 aromatic rings. The van der Waals surface area contributed by atoms with Gasteiger partial charge in [-0.2, -0.15) is 0 Å². The quantitative estimate of drug-likeness (QED) is 0.763. The summed E-state index contributed by atoms with van der Waals surface area (Å²) in [5.74, 6) is 0. The second kappa shape index (κ2) is 5.03. The van der Waals surface area contributed by atoms with Crippen LogP contribution in [0.4, 0.5) is 0 Å². The highest BCUT2D eigenvalue weighted by Gasteiger charge is 2.29. The number of likely N-dealkylation sites (tertiary alicyclic amines) is 1. The number of hydrogen-bond acceptors (Lipinski definition) is 3. The van der Waals surface area contributed by atoms with Crippen LogP contribution in [0.1, 0.15) is 38.5 Å². The highest BCUT2D eigenvalue weighted by atomic mass is 16.5. The normalized spacial score (nSPS) is 36.0. The Labute approximate surface area is 98.5 Å². The average molecular weight is 224 g/mol. The Hall–Kier alpha value is -0.120. The van der Waals surface area contributed by atoms with Gasteiger partial charge in [-0.15, -0.1) is 0 Å². The first-order chi connectivity index (χ1) is 7.90. The van der Waals surface area contributed by atoms with Crippen LogP contribution in [0.3, 0.4) is 0 Å². The molecule has 2 heterocycles. The molecule has 0 amide bonds. The first-order valence-corrected chi connectivity index (χ1v) is 7.00. The van der Waals surface area contributed by atoms with Gasteiger partial charge in [0.05, 0.1) is 6.10 Å². The van der Waals surface area contributed by atoms with Crippen LogP contribution in [0.15, 0.2) is 0 Å². The molecule has 3 rings (SSSR count). The minimum atomic E-state index is 0.565. The Bertz CT molecular complexity index is 224. The highest BCUT2D eigenvalue weighted by molar-refractivity contribution is 4.89. The van der Waals surface area contributed by atoms with E-state index < -0.39 is 0 Å². The fourth-order valence-electron chi connectivity index (χ4n) is 2.95. The maximum Gasteiger partial charge on any atom is 0.0588 e. The van der Waals surface area contributed by atoms with E-state index in [9.17, 15) is 0 Å². The van der Waals surface area contributed by atoms with E-state index in [1.54, 1.807) is 0 Å². The highest BCUT2D eigenvalue weighted by Crippen LogP contribution is 2.22. The van der Waals surface area contributed by atoms with Gasteiger partial charge >= 0.3 is 0 Å². The van der Waals surface area contributed by atoms with Crippen molar-refractivity contribution < 1.29 is 4.74 Å². The van der Waals surface area contributed by atoms with Crippen LogP contribution in [0.2, 0.25) is 0 Å². The molecule has 0 bridgehead atoms. The molecule has 1 N–H and O–H groups in total. The molecule has 2 atom stereocenters. The van der Waals surface area contributed by atoms with Crippen molar-refractivity contribution in [3.63, 3.8) is 0 Å². The van der Waals surface area contributed by atoms with E-state index in [4.69, 9.17) is 4.74 Å². The van der Waals surface area contributed by atoms with E-state index in [0.29, 0.717) is 6.10 Å². The van der Waals surface area contributed by atoms with Crippen LogP contribution < -0.4 is 5.32 Å². The van der Waals surface area contributed by atoms with E-state index in [2.05, 4.69) is 10.2 Å². The lowest BCUT2D eigenvalue weighted by molar-refractivity contribution is 0.0946. The lowest BCUT2D eigenvalue weighted by Gasteiger charge is -2.18. The van der Waals surface area contributed by atoms with E-state index in [0.717, 1.165) is 18.7 Å². The van der Waals surface area contributed by atoms with Gasteiger partial charge in [0, 0.05) is 31.8 Å². The molecule has 1 saturated carbocycles. The molecule has 0 aromatic heterocycles. The Kier molecular flexibility index (Phi) is 3.46. The molecule has 2 aliphatic heterocycles. The van der Waals surface area contributed by atoms with E-state index >= 15 is 0 Å². The van der Waals surface area contributed by atoms with Crippen LogP contribution >= 0.6 is 0 Å². The second-order valence-electron chi connectivity index (χ2n) is 5.65. The third-order valence-corrected chi connectivity index (χ3v) is 4.11. The zero-order valence-electron chi connectivity index (χ0n) is 10.2. The first-order valence-electron chi connectivity index (χ1n) is 7.00. The fraction of sp³-hybridized carbons (Fsp3) is 1.00. The van der Waals surface area contributed by atoms with Crippen LogP contribution in [-0.2, 0) is 4.74 Å². The number of rotatable bonds is 5. The average Bonchev–Trinajstić information content (AvgIpc) is 2.81. The zero-order valence-corrected chi connectivity index (χ0v) is 10.2. The van der Waals surface area contributed by atoms with Gasteiger partial charge in [0.2, 0.25) is 0 Å². The van der Waals surface area contributed by atoms with Crippen molar-refractivity contribution >= 4 is 0 Å². The van der Waals surface area contributed by atoms with Gasteiger partial charge in [0.1, 0.15) is 0 Å². The molecular weight excluding hydrogens is 200 g/mol. The van der Waals surface area contributed by atoms with E-state index in [-0.39, 0.29) is 0 Å². The van der Waals surface area contributed by atoms with E-state index in [1.165, 1.54) is 58.2 Å². The summed E-state index contributed by atoms with van der Waals surface area (Å²) in [6.45, 7) is 4.80. The molecule has 3 heteroatoms. The standard InChI is InChI=1S/C13H24N2O/c1-2-13(16-9-1)6-8-15-7-5-12(10-15)14-11-3-4-11/h11-14H,1-10H2. The first kappa shape index (κ1) is 11.0.